The van der Waals surface area contributed by atoms with Gasteiger partial charge in [0, 0.05) is 50.9 Å². The van der Waals surface area contributed by atoms with Gasteiger partial charge in [-0.2, -0.15) is 0 Å². The number of aromatic nitrogens is 1. The fourth-order valence-corrected chi connectivity index (χ4v) is 4.57. The standard InChI is InChI=1S/C23H29FN4O/c1-27-10-12-28(13-11-27)23(29)22-15-20(26-16-19-4-2-3-9-25-19)14-21(22)17-5-7-18(24)8-6-17/h2-9,20-22,26H,10-16H2,1H3/t20-,21+,22-/m0/s1. The molecule has 3 atom stereocenters. The number of rotatable bonds is 5. The number of carbonyl (C=O) groups is 1. The molecule has 0 bridgehead atoms. The minimum Gasteiger partial charge on any atom is -0.340 e. The van der Waals surface area contributed by atoms with Crippen LogP contribution in [0.25, 0.3) is 0 Å². The molecule has 29 heavy (non-hydrogen) atoms. The number of hydrogen-bond donors (Lipinski definition) is 1. The first-order valence-electron chi connectivity index (χ1n) is 10.5. The molecule has 0 spiro atoms. The fourth-order valence-electron chi connectivity index (χ4n) is 4.57. The second kappa shape index (κ2) is 9.01. The Labute approximate surface area is 171 Å². The predicted octanol–water partition coefficient (Wildman–Crippen LogP) is 2.65. The van der Waals surface area contributed by atoms with Crippen molar-refractivity contribution >= 4 is 5.91 Å². The van der Waals surface area contributed by atoms with Gasteiger partial charge >= 0.3 is 0 Å². The van der Waals surface area contributed by atoms with Crippen molar-refractivity contribution in [2.75, 3.05) is 33.2 Å². The van der Waals surface area contributed by atoms with Crippen molar-refractivity contribution in [3.05, 3.63) is 65.7 Å². The topological polar surface area (TPSA) is 48.5 Å². The number of hydrogen-bond acceptors (Lipinski definition) is 4. The SMILES string of the molecule is CN1CCN(C(=O)[C@H]2C[C@@H](NCc3ccccn3)C[C@@H]2c2ccc(F)cc2)CC1. The molecule has 0 radical (unpaired) electrons. The quantitative estimate of drug-likeness (QED) is 0.844. The molecule has 1 aromatic heterocycles. The van der Waals surface area contributed by atoms with Gasteiger partial charge < -0.3 is 15.1 Å². The van der Waals surface area contributed by atoms with Gasteiger partial charge in [0.2, 0.25) is 5.91 Å². The summed E-state index contributed by atoms with van der Waals surface area (Å²) in [6.07, 6.45) is 3.48. The second-order valence-corrected chi connectivity index (χ2v) is 8.26. The van der Waals surface area contributed by atoms with E-state index in [1.165, 1.54) is 12.1 Å². The lowest BCUT2D eigenvalue weighted by Gasteiger charge is -2.35. The highest BCUT2D eigenvalue weighted by Crippen LogP contribution is 2.41. The number of nitrogens with one attached hydrogen (secondary N) is 1. The Balaban J connectivity index is 1.48. The minimum absolute atomic E-state index is 0.0647. The number of carbonyl (C=O) groups excluding carboxylic acids is 1. The fraction of sp³-hybridized carbons (Fsp3) is 0.478. The van der Waals surface area contributed by atoms with Crippen molar-refractivity contribution in [3.63, 3.8) is 0 Å². The van der Waals surface area contributed by atoms with Crippen molar-refractivity contribution in [2.24, 2.45) is 5.92 Å². The molecule has 2 heterocycles. The van der Waals surface area contributed by atoms with Gasteiger partial charge in [-0.15, -0.1) is 0 Å². The van der Waals surface area contributed by atoms with Gasteiger partial charge in [-0.25, -0.2) is 4.39 Å². The Morgan fingerprint density at radius 1 is 1.10 bits per heavy atom. The van der Waals surface area contributed by atoms with Gasteiger partial charge in [-0.1, -0.05) is 18.2 Å². The summed E-state index contributed by atoms with van der Waals surface area (Å²) in [5.41, 5.74) is 2.06. The van der Waals surface area contributed by atoms with Gasteiger partial charge in [0.25, 0.3) is 0 Å². The van der Waals surface area contributed by atoms with E-state index in [2.05, 4.69) is 22.2 Å². The van der Waals surface area contributed by atoms with Crippen molar-refractivity contribution < 1.29 is 9.18 Å². The summed E-state index contributed by atoms with van der Waals surface area (Å²) in [5.74, 6) is 0.0576. The van der Waals surface area contributed by atoms with Crippen LogP contribution in [0, 0.1) is 11.7 Å². The highest BCUT2D eigenvalue weighted by molar-refractivity contribution is 5.80. The molecule has 1 amide bonds. The van der Waals surface area contributed by atoms with Crippen LogP contribution in [-0.2, 0) is 11.3 Å². The monoisotopic (exact) mass is 396 g/mol. The number of nitrogens with zero attached hydrogens (tertiary/aromatic N) is 3. The molecule has 154 valence electrons. The number of benzene rings is 1. The van der Waals surface area contributed by atoms with Crippen molar-refractivity contribution in [1.29, 1.82) is 0 Å². The summed E-state index contributed by atoms with van der Waals surface area (Å²) < 4.78 is 13.4. The lowest BCUT2D eigenvalue weighted by Crippen LogP contribution is -2.49. The Morgan fingerprint density at radius 3 is 2.55 bits per heavy atom. The van der Waals surface area contributed by atoms with E-state index in [9.17, 15) is 9.18 Å². The third-order valence-corrected chi connectivity index (χ3v) is 6.29. The molecule has 2 aromatic rings. The van der Waals surface area contributed by atoms with E-state index in [0.29, 0.717) is 6.54 Å². The smallest absolute Gasteiger partial charge is 0.226 e. The minimum atomic E-state index is -0.237. The van der Waals surface area contributed by atoms with Crippen LogP contribution in [0.2, 0.25) is 0 Å². The number of halogens is 1. The number of amides is 1. The maximum Gasteiger partial charge on any atom is 0.226 e. The zero-order valence-electron chi connectivity index (χ0n) is 16.9. The highest BCUT2D eigenvalue weighted by atomic mass is 19.1. The first-order valence-corrected chi connectivity index (χ1v) is 10.5. The molecule has 1 saturated carbocycles. The maximum atomic E-state index is 13.4. The molecule has 1 aromatic carbocycles. The average molecular weight is 397 g/mol. The number of pyridine rings is 1. The predicted molar refractivity (Wildman–Crippen MR) is 111 cm³/mol. The lowest BCUT2D eigenvalue weighted by molar-refractivity contribution is -0.137. The lowest BCUT2D eigenvalue weighted by atomic mass is 9.88. The van der Waals surface area contributed by atoms with Crippen molar-refractivity contribution in [3.8, 4) is 0 Å². The summed E-state index contributed by atoms with van der Waals surface area (Å²) in [5, 5.41) is 3.59. The largest absolute Gasteiger partial charge is 0.340 e. The summed E-state index contributed by atoms with van der Waals surface area (Å²) in [7, 11) is 2.09. The molecule has 2 aliphatic rings. The van der Waals surface area contributed by atoms with Crippen LogP contribution < -0.4 is 5.32 Å². The summed E-state index contributed by atoms with van der Waals surface area (Å²) >= 11 is 0. The number of likely N-dealkylation sites (N-methyl/N-ethyl adjacent to an activating group) is 1. The average Bonchev–Trinajstić information content (AvgIpc) is 3.18. The Bertz CT molecular complexity index is 805. The van der Waals surface area contributed by atoms with Gasteiger partial charge in [0.1, 0.15) is 5.82 Å². The van der Waals surface area contributed by atoms with Crippen LogP contribution >= 0.6 is 0 Å². The van der Waals surface area contributed by atoms with Gasteiger partial charge in [0.05, 0.1) is 5.69 Å². The molecule has 1 aliphatic heterocycles. The summed E-state index contributed by atoms with van der Waals surface area (Å²) in [6, 6.07) is 12.8. The van der Waals surface area contributed by atoms with Crippen LogP contribution in [0.3, 0.4) is 0 Å². The van der Waals surface area contributed by atoms with E-state index in [4.69, 9.17) is 0 Å². The molecule has 1 aliphatic carbocycles. The van der Waals surface area contributed by atoms with Gasteiger partial charge in [0.15, 0.2) is 0 Å². The third kappa shape index (κ3) is 4.82. The molecule has 1 saturated heterocycles. The zero-order valence-corrected chi connectivity index (χ0v) is 16.9. The van der Waals surface area contributed by atoms with Crippen LogP contribution in [0.1, 0.15) is 30.0 Å². The Morgan fingerprint density at radius 2 is 1.86 bits per heavy atom. The van der Waals surface area contributed by atoms with E-state index in [-0.39, 0.29) is 29.6 Å². The molecular weight excluding hydrogens is 367 g/mol. The Kier molecular flexibility index (Phi) is 6.21. The van der Waals surface area contributed by atoms with Crippen LogP contribution in [0.5, 0.6) is 0 Å². The maximum absolute atomic E-state index is 13.4. The van der Waals surface area contributed by atoms with Gasteiger partial charge in [-0.3, -0.25) is 9.78 Å². The first kappa shape index (κ1) is 20.0. The van der Waals surface area contributed by atoms with E-state index in [0.717, 1.165) is 50.3 Å². The van der Waals surface area contributed by atoms with Crippen molar-refractivity contribution in [1.82, 2.24) is 20.1 Å². The Hall–Kier alpha value is -2.31. The highest BCUT2D eigenvalue weighted by Gasteiger charge is 2.41. The van der Waals surface area contributed by atoms with Gasteiger partial charge in [-0.05, 0) is 55.6 Å². The van der Waals surface area contributed by atoms with Crippen LogP contribution in [0.4, 0.5) is 4.39 Å². The number of piperazine rings is 1. The zero-order chi connectivity index (χ0) is 20.2. The molecular formula is C23H29FN4O. The molecule has 4 rings (SSSR count). The molecule has 6 heteroatoms. The third-order valence-electron chi connectivity index (χ3n) is 6.29. The van der Waals surface area contributed by atoms with E-state index < -0.39 is 0 Å². The molecule has 1 N–H and O–H groups in total. The van der Waals surface area contributed by atoms with Crippen LogP contribution in [-0.4, -0.2) is 60.0 Å². The van der Waals surface area contributed by atoms with Crippen molar-refractivity contribution in [2.45, 2.75) is 31.3 Å². The molecule has 0 unspecified atom stereocenters. The summed E-state index contributed by atoms with van der Waals surface area (Å²) in [6.45, 7) is 4.10. The first-order chi connectivity index (χ1) is 14.1. The normalized spacial score (nSPS) is 25.3. The summed E-state index contributed by atoms with van der Waals surface area (Å²) in [4.78, 5) is 22.0. The second-order valence-electron chi connectivity index (χ2n) is 8.26. The van der Waals surface area contributed by atoms with Crippen LogP contribution in [0.15, 0.2) is 48.7 Å². The van der Waals surface area contributed by atoms with E-state index in [1.807, 2.05) is 35.2 Å². The molecule has 5 nitrogen and oxygen atoms in total. The van der Waals surface area contributed by atoms with E-state index >= 15 is 0 Å². The molecule has 2 fully saturated rings. The van der Waals surface area contributed by atoms with E-state index in [1.54, 1.807) is 6.20 Å².